The summed E-state index contributed by atoms with van der Waals surface area (Å²) in [5, 5.41) is 8.34. The summed E-state index contributed by atoms with van der Waals surface area (Å²) in [6.07, 6.45) is 1.82. The first-order chi connectivity index (χ1) is 14.0. The highest BCUT2D eigenvalue weighted by molar-refractivity contribution is 6.13. The van der Waals surface area contributed by atoms with Crippen LogP contribution < -0.4 is 5.32 Å². The van der Waals surface area contributed by atoms with Crippen LogP contribution in [-0.4, -0.2) is 20.7 Å². The minimum absolute atomic E-state index is 0.140. The molecule has 1 amide bonds. The predicted molar refractivity (Wildman–Crippen MR) is 117 cm³/mol. The molecule has 0 bridgehead atoms. The number of benzene rings is 2. The Bertz CT molecular complexity index is 1220. The normalized spacial score (nSPS) is 11.0. The van der Waals surface area contributed by atoms with Crippen LogP contribution in [0.4, 0.5) is 5.69 Å². The summed E-state index contributed by atoms with van der Waals surface area (Å²) in [7, 11) is 0. The second-order valence-corrected chi connectivity index (χ2v) is 7.30. The number of aromatic nitrogens is 3. The van der Waals surface area contributed by atoms with Gasteiger partial charge in [0.25, 0.3) is 5.91 Å². The number of fused-ring (bicyclic) bond motifs is 1. The minimum Gasteiger partial charge on any atom is -0.322 e. The van der Waals surface area contributed by atoms with E-state index >= 15 is 0 Å². The highest BCUT2D eigenvalue weighted by Crippen LogP contribution is 2.28. The van der Waals surface area contributed by atoms with Gasteiger partial charge < -0.3 is 5.32 Å². The summed E-state index contributed by atoms with van der Waals surface area (Å²) >= 11 is 0. The van der Waals surface area contributed by atoms with Gasteiger partial charge in [-0.2, -0.15) is 5.10 Å². The van der Waals surface area contributed by atoms with Crippen molar-refractivity contribution in [2.24, 2.45) is 0 Å². The van der Waals surface area contributed by atoms with Gasteiger partial charge in [-0.25, -0.2) is 4.98 Å². The van der Waals surface area contributed by atoms with Gasteiger partial charge in [-0.05, 0) is 57.0 Å². The maximum atomic E-state index is 13.3. The molecule has 0 saturated heterocycles. The molecule has 0 unspecified atom stereocenters. The second-order valence-electron chi connectivity index (χ2n) is 7.30. The number of rotatable bonds is 4. The van der Waals surface area contributed by atoms with Crippen molar-refractivity contribution in [3.63, 3.8) is 0 Å². The van der Waals surface area contributed by atoms with Crippen LogP contribution in [-0.2, 0) is 6.54 Å². The summed E-state index contributed by atoms with van der Waals surface area (Å²) in [6, 6.07) is 15.7. The molecule has 29 heavy (non-hydrogen) atoms. The zero-order valence-electron chi connectivity index (χ0n) is 17.2. The fourth-order valence-electron chi connectivity index (χ4n) is 3.58. The molecule has 0 saturated carbocycles. The molecule has 0 radical (unpaired) electrons. The van der Waals surface area contributed by atoms with Crippen molar-refractivity contribution in [2.45, 2.75) is 34.2 Å². The third-order valence-electron chi connectivity index (χ3n) is 5.28. The Kier molecular flexibility index (Phi) is 4.89. The maximum Gasteiger partial charge on any atom is 0.256 e. The van der Waals surface area contributed by atoms with E-state index in [1.165, 1.54) is 0 Å². The standard InChI is InChI=1S/C24H24N4O/c1-5-28-17(4)20(14-25-28)23-13-19(18-8-6-7-9-21(18)26-23)24(29)27-22-12-15(2)10-11-16(22)3/h6-14H,5H2,1-4H3,(H,27,29). The van der Waals surface area contributed by atoms with Gasteiger partial charge in [-0.15, -0.1) is 0 Å². The molecule has 0 atom stereocenters. The van der Waals surface area contributed by atoms with Crippen molar-refractivity contribution in [3.05, 3.63) is 77.1 Å². The average molecular weight is 384 g/mol. The van der Waals surface area contributed by atoms with E-state index in [0.29, 0.717) is 5.56 Å². The molecule has 5 nitrogen and oxygen atoms in total. The van der Waals surface area contributed by atoms with Crippen LogP contribution in [0.15, 0.2) is 54.7 Å². The van der Waals surface area contributed by atoms with Gasteiger partial charge in [0.05, 0.1) is 23.0 Å². The fourth-order valence-corrected chi connectivity index (χ4v) is 3.58. The number of nitrogens with one attached hydrogen (secondary N) is 1. The molecule has 0 aliphatic heterocycles. The Morgan fingerprint density at radius 3 is 2.62 bits per heavy atom. The van der Waals surface area contributed by atoms with Gasteiger partial charge in [0.2, 0.25) is 0 Å². The van der Waals surface area contributed by atoms with Crippen LogP contribution in [0.5, 0.6) is 0 Å². The number of amides is 1. The smallest absolute Gasteiger partial charge is 0.256 e. The molecule has 0 aliphatic rings. The molecule has 4 aromatic rings. The molecular weight excluding hydrogens is 360 g/mol. The number of carbonyl (C=O) groups excluding carboxylic acids is 1. The predicted octanol–water partition coefficient (Wildman–Crippen LogP) is 5.30. The Morgan fingerprint density at radius 2 is 1.86 bits per heavy atom. The first kappa shape index (κ1) is 18.9. The van der Waals surface area contributed by atoms with Gasteiger partial charge in [-0.3, -0.25) is 9.48 Å². The van der Waals surface area contributed by atoms with E-state index < -0.39 is 0 Å². The lowest BCUT2D eigenvalue weighted by Crippen LogP contribution is -2.14. The zero-order chi connectivity index (χ0) is 20.5. The molecule has 0 fully saturated rings. The van der Waals surface area contributed by atoms with E-state index in [-0.39, 0.29) is 5.91 Å². The number of hydrogen-bond donors (Lipinski definition) is 1. The van der Waals surface area contributed by atoms with Crippen molar-refractivity contribution in [1.29, 1.82) is 0 Å². The van der Waals surface area contributed by atoms with Gasteiger partial charge in [0.15, 0.2) is 0 Å². The molecule has 2 aromatic heterocycles. The van der Waals surface area contributed by atoms with Crippen LogP contribution in [0.2, 0.25) is 0 Å². The lowest BCUT2D eigenvalue weighted by Gasteiger charge is -2.12. The SMILES string of the molecule is CCn1ncc(-c2cc(C(=O)Nc3cc(C)ccc3C)c3ccccc3n2)c1C. The lowest BCUT2D eigenvalue weighted by molar-refractivity contribution is 0.102. The van der Waals surface area contributed by atoms with Gasteiger partial charge in [0.1, 0.15) is 0 Å². The third-order valence-corrected chi connectivity index (χ3v) is 5.28. The Morgan fingerprint density at radius 1 is 1.07 bits per heavy atom. The molecule has 0 aliphatic carbocycles. The largest absolute Gasteiger partial charge is 0.322 e. The highest BCUT2D eigenvalue weighted by Gasteiger charge is 2.17. The van der Waals surface area contributed by atoms with Gasteiger partial charge in [-0.1, -0.05) is 30.3 Å². The van der Waals surface area contributed by atoms with Crippen molar-refractivity contribution < 1.29 is 4.79 Å². The molecule has 146 valence electrons. The van der Waals surface area contributed by atoms with Crippen molar-refractivity contribution in [2.75, 3.05) is 5.32 Å². The fraction of sp³-hybridized carbons (Fsp3) is 0.208. The Labute approximate surface area is 170 Å². The molecular formula is C24H24N4O. The summed E-state index contributed by atoms with van der Waals surface area (Å²) in [6.45, 7) is 8.88. The van der Waals surface area contributed by atoms with Crippen LogP contribution in [0.1, 0.15) is 34.1 Å². The quantitative estimate of drug-likeness (QED) is 0.520. The lowest BCUT2D eigenvalue weighted by atomic mass is 10.0. The molecule has 2 aromatic carbocycles. The van der Waals surface area contributed by atoms with E-state index in [4.69, 9.17) is 4.98 Å². The van der Waals surface area contributed by atoms with E-state index in [2.05, 4.69) is 17.3 Å². The van der Waals surface area contributed by atoms with Crippen LogP contribution in [0.25, 0.3) is 22.2 Å². The molecule has 2 heterocycles. The Hall–Kier alpha value is -3.47. The highest BCUT2D eigenvalue weighted by atomic mass is 16.1. The number of hydrogen-bond acceptors (Lipinski definition) is 3. The van der Waals surface area contributed by atoms with Crippen molar-refractivity contribution >= 4 is 22.5 Å². The summed E-state index contributed by atoms with van der Waals surface area (Å²) in [5.41, 5.74) is 7.10. The average Bonchev–Trinajstić information content (AvgIpc) is 3.10. The Balaban J connectivity index is 1.83. The van der Waals surface area contributed by atoms with E-state index in [0.717, 1.165) is 51.2 Å². The summed E-state index contributed by atoms with van der Waals surface area (Å²) < 4.78 is 1.93. The molecule has 1 N–H and O–H groups in total. The summed E-state index contributed by atoms with van der Waals surface area (Å²) in [5.74, 6) is -0.140. The third kappa shape index (κ3) is 3.51. The first-order valence-electron chi connectivity index (χ1n) is 9.79. The monoisotopic (exact) mass is 384 g/mol. The first-order valence-corrected chi connectivity index (χ1v) is 9.79. The van der Waals surface area contributed by atoms with E-state index in [1.807, 2.05) is 80.2 Å². The molecule has 0 spiro atoms. The number of anilines is 1. The van der Waals surface area contributed by atoms with Gasteiger partial charge >= 0.3 is 0 Å². The van der Waals surface area contributed by atoms with Crippen molar-refractivity contribution in [1.82, 2.24) is 14.8 Å². The number of nitrogens with zero attached hydrogens (tertiary/aromatic N) is 3. The van der Waals surface area contributed by atoms with Crippen LogP contribution in [0.3, 0.4) is 0 Å². The van der Waals surface area contributed by atoms with E-state index in [1.54, 1.807) is 0 Å². The molecule has 5 heteroatoms. The van der Waals surface area contributed by atoms with E-state index in [9.17, 15) is 4.79 Å². The maximum absolute atomic E-state index is 13.3. The number of aryl methyl sites for hydroxylation is 3. The molecule has 4 rings (SSSR count). The summed E-state index contributed by atoms with van der Waals surface area (Å²) in [4.78, 5) is 18.1. The van der Waals surface area contributed by atoms with Crippen molar-refractivity contribution in [3.8, 4) is 11.3 Å². The second kappa shape index (κ2) is 7.51. The van der Waals surface area contributed by atoms with Crippen LogP contribution in [0, 0.1) is 20.8 Å². The number of para-hydroxylation sites is 1. The van der Waals surface area contributed by atoms with Gasteiger partial charge in [0, 0.05) is 28.9 Å². The minimum atomic E-state index is -0.140. The van der Waals surface area contributed by atoms with Crippen LogP contribution >= 0.6 is 0 Å². The zero-order valence-corrected chi connectivity index (χ0v) is 17.2. The topological polar surface area (TPSA) is 59.8 Å². The number of pyridine rings is 1. The number of carbonyl (C=O) groups is 1.